The molecule has 1 nitrogen and oxygen atoms in total. The van der Waals surface area contributed by atoms with Crippen molar-refractivity contribution in [3.05, 3.63) is 34.9 Å². The van der Waals surface area contributed by atoms with Crippen LogP contribution < -0.4 is 0 Å². The molecule has 0 spiro atoms. The molecule has 0 aliphatic heterocycles. The van der Waals surface area contributed by atoms with Gasteiger partial charge in [-0.25, -0.2) is 0 Å². The topological polar surface area (TPSA) is 23.8 Å². The molecule has 0 atom stereocenters. The fourth-order valence-corrected chi connectivity index (χ4v) is 1.64. The van der Waals surface area contributed by atoms with E-state index in [0.29, 0.717) is 0 Å². The summed E-state index contributed by atoms with van der Waals surface area (Å²) in [5.74, 6) is 0.749. The maximum atomic E-state index is 8.83. The second-order valence-corrected chi connectivity index (χ2v) is 3.70. The molecule has 0 unspecified atom stereocenters. The molecule has 1 aliphatic rings. The number of benzene rings is 1. The zero-order valence-electron chi connectivity index (χ0n) is 7.88. The Kier molecular flexibility index (Phi) is 2.06. The summed E-state index contributed by atoms with van der Waals surface area (Å²) in [4.78, 5) is 0. The lowest BCUT2D eigenvalue weighted by Gasteiger charge is -2.02. The minimum absolute atomic E-state index is 0.749. The van der Waals surface area contributed by atoms with Gasteiger partial charge in [-0.3, -0.25) is 0 Å². The molecule has 1 aliphatic carbocycles. The molecular formula is C12H13N. The predicted molar refractivity (Wildman–Crippen MR) is 52.5 cm³/mol. The van der Waals surface area contributed by atoms with E-state index in [4.69, 9.17) is 5.26 Å². The van der Waals surface area contributed by atoms with Gasteiger partial charge in [-0.1, -0.05) is 13.0 Å². The van der Waals surface area contributed by atoms with E-state index in [1.54, 1.807) is 0 Å². The van der Waals surface area contributed by atoms with Gasteiger partial charge in [0.25, 0.3) is 0 Å². The highest BCUT2D eigenvalue weighted by molar-refractivity contribution is 5.40. The summed E-state index contributed by atoms with van der Waals surface area (Å²) in [5, 5.41) is 8.83. The van der Waals surface area contributed by atoms with Gasteiger partial charge in [0.1, 0.15) is 0 Å². The zero-order chi connectivity index (χ0) is 9.26. The lowest BCUT2D eigenvalue weighted by atomic mass is 10.0. The van der Waals surface area contributed by atoms with E-state index in [0.717, 1.165) is 17.9 Å². The Morgan fingerprint density at radius 3 is 2.69 bits per heavy atom. The summed E-state index contributed by atoms with van der Waals surface area (Å²) < 4.78 is 0. The van der Waals surface area contributed by atoms with Crippen LogP contribution in [0.4, 0.5) is 0 Å². The minimum Gasteiger partial charge on any atom is -0.192 e. The minimum atomic E-state index is 0.749. The van der Waals surface area contributed by atoms with E-state index < -0.39 is 0 Å². The molecule has 0 N–H and O–H groups in total. The van der Waals surface area contributed by atoms with E-state index in [1.807, 2.05) is 12.1 Å². The maximum Gasteiger partial charge on any atom is 0.0991 e. The molecule has 0 amide bonds. The van der Waals surface area contributed by atoms with E-state index in [-0.39, 0.29) is 0 Å². The average molecular weight is 171 g/mol. The number of nitrogens with zero attached hydrogens (tertiary/aromatic N) is 1. The molecule has 1 fully saturated rings. The Balaban J connectivity index is 2.40. The van der Waals surface area contributed by atoms with Gasteiger partial charge in [0.05, 0.1) is 11.6 Å². The van der Waals surface area contributed by atoms with Crippen molar-refractivity contribution in [3.63, 3.8) is 0 Å². The fraction of sp³-hybridized carbons (Fsp3) is 0.417. The van der Waals surface area contributed by atoms with Gasteiger partial charge in [0.2, 0.25) is 0 Å². The van der Waals surface area contributed by atoms with Gasteiger partial charge in [0, 0.05) is 0 Å². The normalized spacial score (nSPS) is 15.4. The summed E-state index contributed by atoms with van der Waals surface area (Å²) in [6.45, 7) is 2.13. The second-order valence-electron chi connectivity index (χ2n) is 3.70. The largest absolute Gasteiger partial charge is 0.192 e. The van der Waals surface area contributed by atoms with Gasteiger partial charge in [-0.2, -0.15) is 5.26 Å². The molecule has 0 saturated heterocycles. The third-order valence-electron chi connectivity index (χ3n) is 2.60. The third kappa shape index (κ3) is 1.72. The van der Waals surface area contributed by atoms with Crippen molar-refractivity contribution in [2.75, 3.05) is 0 Å². The Morgan fingerprint density at radius 2 is 2.15 bits per heavy atom. The van der Waals surface area contributed by atoms with Crippen LogP contribution in [0.5, 0.6) is 0 Å². The number of hydrogen-bond donors (Lipinski definition) is 0. The summed E-state index contributed by atoms with van der Waals surface area (Å²) in [5.41, 5.74) is 3.48. The standard InChI is InChI=1S/C12H13N/c1-2-9-5-10(8-13)7-12(6-9)11-3-4-11/h5-7,11H,2-4H2,1H3. The first-order valence-electron chi connectivity index (χ1n) is 4.87. The van der Waals surface area contributed by atoms with Crippen LogP contribution in [0.3, 0.4) is 0 Å². The molecule has 1 aromatic carbocycles. The van der Waals surface area contributed by atoms with Crippen LogP contribution in [0, 0.1) is 11.3 Å². The van der Waals surface area contributed by atoms with E-state index >= 15 is 0 Å². The number of rotatable bonds is 2. The molecule has 0 radical (unpaired) electrons. The second kappa shape index (κ2) is 3.22. The van der Waals surface area contributed by atoms with Crippen molar-refractivity contribution in [1.82, 2.24) is 0 Å². The first-order chi connectivity index (χ1) is 6.33. The predicted octanol–water partition coefficient (Wildman–Crippen LogP) is 3.00. The van der Waals surface area contributed by atoms with Gasteiger partial charge < -0.3 is 0 Å². The van der Waals surface area contributed by atoms with Crippen molar-refractivity contribution in [3.8, 4) is 6.07 Å². The first-order valence-corrected chi connectivity index (χ1v) is 4.87. The van der Waals surface area contributed by atoms with Crippen LogP contribution in [0.2, 0.25) is 0 Å². The SMILES string of the molecule is CCc1cc(C#N)cc(C2CC2)c1. The van der Waals surface area contributed by atoms with Crippen molar-refractivity contribution >= 4 is 0 Å². The molecule has 13 heavy (non-hydrogen) atoms. The summed E-state index contributed by atoms with van der Waals surface area (Å²) in [6.07, 6.45) is 3.63. The molecule has 0 heterocycles. The molecule has 1 saturated carbocycles. The molecule has 0 aromatic heterocycles. The lowest BCUT2D eigenvalue weighted by molar-refractivity contribution is 1.08. The molecule has 0 bridgehead atoms. The number of hydrogen-bond acceptors (Lipinski definition) is 1. The Hall–Kier alpha value is -1.29. The van der Waals surface area contributed by atoms with Crippen LogP contribution in [0.1, 0.15) is 42.4 Å². The average Bonchev–Trinajstić information content (AvgIpc) is 3.00. The van der Waals surface area contributed by atoms with Gasteiger partial charge in [0.15, 0.2) is 0 Å². The van der Waals surface area contributed by atoms with Crippen LogP contribution >= 0.6 is 0 Å². The van der Waals surface area contributed by atoms with Crippen molar-refractivity contribution in [1.29, 1.82) is 5.26 Å². The summed E-state index contributed by atoms with van der Waals surface area (Å²) >= 11 is 0. The fourth-order valence-electron chi connectivity index (χ4n) is 1.64. The first kappa shape index (κ1) is 8.31. The highest BCUT2D eigenvalue weighted by atomic mass is 14.3. The van der Waals surface area contributed by atoms with Crippen LogP contribution in [0.15, 0.2) is 18.2 Å². The quantitative estimate of drug-likeness (QED) is 0.671. The number of nitriles is 1. The molecule has 1 aromatic rings. The summed E-state index contributed by atoms with van der Waals surface area (Å²) in [6, 6.07) is 8.50. The Morgan fingerprint density at radius 1 is 1.38 bits per heavy atom. The molecular weight excluding hydrogens is 158 g/mol. The molecule has 1 heteroatoms. The van der Waals surface area contributed by atoms with Crippen molar-refractivity contribution in [2.45, 2.75) is 32.1 Å². The smallest absolute Gasteiger partial charge is 0.0991 e. The van der Waals surface area contributed by atoms with Crippen molar-refractivity contribution < 1.29 is 0 Å². The highest BCUT2D eigenvalue weighted by Crippen LogP contribution is 2.40. The monoisotopic (exact) mass is 171 g/mol. The molecule has 2 rings (SSSR count). The Labute approximate surface area is 79.0 Å². The van der Waals surface area contributed by atoms with Crippen LogP contribution in [-0.2, 0) is 6.42 Å². The van der Waals surface area contributed by atoms with E-state index in [2.05, 4.69) is 19.1 Å². The summed E-state index contributed by atoms with van der Waals surface area (Å²) in [7, 11) is 0. The van der Waals surface area contributed by atoms with Crippen LogP contribution in [0.25, 0.3) is 0 Å². The van der Waals surface area contributed by atoms with Gasteiger partial charge in [-0.05, 0) is 48.4 Å². The van der Waals surface area contributed by atoms with Crippen LogP contribution in [-0.4, -0.2) is 0 Å². The van der Waals surface area contributed by atoms with E-state index in [1.165, 1.54) is 24.0 Å². The van der Waals surface area contributed by atoms with Gasteiger partial charge >= 0.3 is 0 Å². The van der Waals surface area contributed by atoms with E-state index in [9.17, 15) is 0 Å². The Bertz CT molecular complexity index is 356. The van der Waals surface area contributed by atoms with Gasteiger partial charge in [-0.15, -0.1) is 0 Å². The highest BCUT2D eigenvalue weighted by Gasteiger charge is 2.23. The molecule has 66 valence electrons. The zero-order valence-corrected chi connectivity index (χ0v) is 7.88. The lowest BCUT2D eigenvalue weighted by Crippen LogP contribution is -1.88. The maximum absolute atomic E-state index is 8.83. The third-order valence-corrected chi connectivity index (χ3v) is 2.60. The number of aryl methyl sites for hydroxylation is 1. The van der Waals surface area contributed by atoms with Crippen molar-refractivity contribution in [2.24, 2.45) is 0 Å².